The quantitative estimate of drug-likeness (QED) is 0.781. The molecule has 0 atom stereocenters. The van der Waals surface area contributed by atoms with E-state index in [1.54, 1.807) is 18.2 Å². The Morgan fingerprint density at radius 2 is 2.06 bits per heavy atom. The number of hydrogen-bond donors (Lipinski definition) is 2. The lowest BCUT2D eigenvalue weighted by Crippen LogP contribution is -1.94. The van der Waals surface area contributed by atoms with Crippen LogP contribution in [0, 0.1) is 0 Å². The summed E-state index contributed by atoms with van der Waals surface area (Å²) in [6, 6.07) is 4.83. The van der Waals surface area contributed by atoms with Crippen LogP contribution < -0.4 is 0 Å². The number of aliphatic carboxylic acids is 1. The topological polar surface area (TPSA) is 101 Å². The molecule has 0 radical (unpaired) electrons. The summed E-state index contributed by atoms with van der Waals surface area (Å²) >= 11 is 0. The molecule has 2 N–H and O–H groups in total. The number of aromatic carboxylic acids is 1. The highest BCUT2D eigenvalue weighted by Gasteiger charge is 2.13. The van der Waals surface area contributed by atoms with Crippen LogP contribution in [0.25, 0.3) is 17.2 Å². The van der Waals surface area contributed by atoms with Gasteiger partial charge in [-0.15, -0.1) is 0 Å². The first-order chi connectivity index (χ1) is 8.08. The zero-order valence-corrected chi connectivity index (χ0v) is 8.45. The van der Waals surface area contributed by atoms with Gasteiger partial charge < -0.3 is 14.6 Å². The summed E-state index contributed by atoms with van der Waals surface area (Å²) in [5, 5.41) is 17.2. The largest absolute Gasteiger partial charge is 0.478 e. The monoisotopic (exact) mass is 233 g/mol. The number of benzene rings is 1. The van der Waals surface area contributed by atoms with Crippen LogP contribution in [-0.2, 0) is 4.79 Å². The molecule has 1 aromatic heterocycles. The van der Waals surface area contributed by atoms with Gasteiger partial charge in [-0.05, 0) is 12.1 Å². The Hall–Kier alpha value is -2.63. The van der Waals surface area contributed by atoms with Crippen molar-refractivity contribution in [1.29, 1.82) is 0 Å². The Labute approximate surface area is 94.8 Å². The molecule has 17 heavy (non-hydrogen) atoms. The average Bonchev–Trinajstić information content (AvgIpc) is 2.70. The standard InChI is InChI=1S/C11H7NO5/c13-8(14)5-4-6-2-1-3-7-9(6)17-10(12-7)11(15)16/h1-5H,(H,13,14)(H,15,16)/b5-4+. The van der Waals surface area contributed by atoms with E-state index >= 15 is 0 Å². The lowest BCUT2D eigenvalue weighted by molar-refractivity contribution is -0.131. The third-order valence-electron chi connectivity index (χ3n) is 2.03. The number of oxazole rings is 1. The minimum absolute atomic E-state index is 0.252. The molecule has 0 bridgehead atoms. The first-order valence-electron chi connectivity index (χ1n) is 4.62. The van der Waals surface area contributed by atoms with E-state index in [0.29, 0.717) is 11.1 Å². The van der Waals surface area contributed by atoms with Crippen molar-refractivity contribution >= 4 is 29.1 Å². The Kier molecular flexibility index (Phi) is 2.61. The number of nitrogens with zero attached hydrogens (tertiary/aromatic N) is 1. The fourth-order valence-electron chi connectivity index (χ4n) is 1.35. The van der Waals surface area contributed by atoms with Crippen LogP contribution in [-0.4, -0.2) is 27.1 Å². The van der Waals surface area contributed by atoms with Gasteiger partial charge in [0.05, 0.1) is 0 Å². The summed E-state index contributed by atoms with van der Waals surface area (Å²) in [6.07, 6.45) is 2.26. The molecule has 2 rings (SSSR count). The second-order valence-corrected chi connectivity index (χ2v) is 3.19. The number of carbonyl (C=O) groups is 2. The number of carboxylic acid groups (broad SMARTS) is 2. The van der Waals surface area contributed by atoms with Gasteiger partial charge in [0.25, 0.3) is 0 Å². The third-order valence-corrected chi connectivity index (χ3v) is 2.03. The summed E-state index contributed by atoms with van der Waals surface area (Å²) in [5.41, 5.74) is 1.09. The van der Waals surface area contributed by atoms with Gasteiger partial charge in [-0.1, -0.05) is 12.1 Å². The number of fused-ring (bicyclic) bond motifs is 1. The molecule has 0 unspecified atom stereocenters. The smallest absolute Gasteiger partial charge is 0.392 e. The van der Waals surface area contributed by atoms with E-state index in [2.05, 4.69) is 4.98 Å². The highest BCUT2D eigenvalue weighted by atomic mass is 16.4. The molecule has 0 saturated heterocycles. The molecule has 0 aliphatic heterocycles. The van der Waals surface area contributed by atoms with Crippen LogP contribution in [0.1, 0.15) is 16.2 Å². The Morgan fingerprint density at radius 3 is 2.71 bits per heavy atom. The molecule has 1 aromatic carbocycles. The predicted octanol–water partition coefficient (Wildman–Crippen LogP) is 1.62. The Balaban J connectivity index is 2.56. The molecule has 0 spiro atoms. The third kappa shape index (κ3) is 2.15. The number of rotatable bonds is 3. The van der Waals surface area contributed by atoms with Gasteiger partial charge in [0.2, 0.25) is 0 Å². The predicted molar refractivity (Wildman–Crippen MR) is 57.6 cm³/mol. The van der Waals surface area contributed by atoms with Crippen LogP contribution in [0.2, 0.25) is 0 Å². The first kappa shape index (κ1) is 10.9. The van der Waals surface area contributed by atoms with Gasteiger partial charge in [-0.25, -0.2) is 14.6 Å². The maximum atomic E-state index is 10.7. The summed E-state index contributed by atoms with van der Waals surface area (Å²) < 4.78 is 5.04. The van der Waals surface area contributed by atoms with Crippen molar-refractivity contribution < 1.29 is 24.2 Å². The van der Waals surface area contributed by atoms with Crippen molar-refractivity contribution in [3.63, 3.8) is 0 Å². The van der Waals surface area contributed by atoms with Gasteiger partial charge in [0.1, 0.15) is 5.52 Å². The van der Waals surface area contributed by atoms with Crippen LogP contribution in [0.5, 0.6) is 0 Å². The number of hydrogen-bond acceptors (Lipinski definition) is 4. The summed E-state index contributed by atoms with van der Waals surface area (Å²) in [7, 11) is 0. The van der Waals surface area contributed by atoms with Crippen molar-refractivity contribution in [2.75, 3.05) is 0 Å². The summed E-state index contributed by atoms with van der Waals surface area (Å²) in [4.78, 5) is 24.8. The van der Waals surface area contributed by atoms with E-state index < -0.39 is 17.8 Å². The van der Waals surface area contributed by atoms with Gasteiger partial charge in [0.15, 0.2) is 5.58 Å². The van der Waals surface area contributed by atoms with E-state index in [-0.39, 0.29) is 5.58 Å². The first-order valence-corrected chi connectivity index (χ1v) is 4.62. The normalized spacial score (nSPS) is 11.1. The van der Waals surface area contributed by atoms with Crippen LogP contribution in [0.4, 0.5) is 0 Å². The van der Waals surface area contributed by atoms with Crippen molar-refractivity contribution in [2.45, 2.75) is 0 Å². The lowest BCUT2D eigenvalue weighted by Gasteiger charge is -1.92. The minimum atomic E-state index is -1.27. The molecular weight excluding hydrogens is 226 g/mol. The maximum Gasteiger partial charge on any atom is 0.392 e. The summed E-state index contributed by atoms with van der Waals surface area (Å²) in [6.45, 7) is 0. The lowest BCUT2D eigenvalue weighted by atomic mass is 10.2. The second-order valence-electron chi connectivity index (χ2n) is 3.19. The average molecular weight is 233 g/mol. The molecule has 6 heteroatoms. The molecular formula is C11H7NO5. The molecule has 0 aliphatic carbocycles. The molecule has 2 aromatic rings. The Morgan fingerprint density at radius 1 is 1.29 bits per heavy atom. The second kappa shape index (κ2) is 4.09. The maximum absolute atomic E-state index is 10.7. The number of aromatic nitrogens is 1. The van der Waals surface area contributed by atoms with E-state index in [1.807, 2.05) is 0 Å². The zero-order chi connectivity index (χ0) is 12.4. The highest BCUT2D eigenvalue weighted by Crippen LogP contribution is 2.21. The molecule has 0 saturated carbocycles. The van der Waals surface area contributed by atoms with E-state index in [1.165, 1.54) is 6.08 Å². The van der Waals surface area contributed by atoms with Gasteiger partial charge >= 0.3 is 17.8 Å². The molecule has 6 nitrogen and oxygen atoms in total. The van der Waals surface area contributed by atoms with Gasteiger partial charge in [-0.2, -0.15) is 0 Å². The van der Waals surface area contributed by atoms with Crippen molar-refractivity contribution in [2.24, 2.45) is 0 Å². The minimum Gasteiger partial charge on any atom is -0.478 e. The van der Waals surface area contributed by atoms with Crippen molar-refractivity contribution in [3.05, 3.63) is 35.7 Å². The molecule has 0 aliphatic rings. The SMILES string of the molecule is O=C(O)/C=C/c1cccc2nc(C(=O)O)oc12. The number of para-hydroxylation sites is 1. The highest BCUT2D eigenvalue weighted by molar-refractivity contribution is 5.92. The van der Waals surface area contributed by atoms with Crippen LogP contribution >= 0.6 is 0 Å². The van der Waals surface area contributed by atoms with Gasteiger partial charge in [0, 0.05) is 11.6 Å². The molecule has 0 amide bonds. The van der Waals surface area contributed by atoms with Crippen LogP contribution in [0.3, 0.4) is 0 Å². The number of carboxylic acids is 2. The van der Waals surface area contributed by atoms with Crippen molar-refractivity contribution in [1.82, 2.24) is 4.98 Å². The molecule has 1 heterocycles. The molecule has 0 fully saturated rings. The Bertz CT molecular complexity index is 626. The van der Waals surface area contributed by atoms with Crippen molar-refractivity contribution in [3.8, 4) is 0 Å². The van der Waals surface area contributed by atoms with E-state index in [0.717, 1.165) is 6.08 Å². The fraction of sp³-hybridized carbons (Fsp3) is 0. The van der Waals surface area contributed by atoms with Gasteiger partial charge in [-0.3, -0.25) is 0 Å². The van der Waals surface area contributed by atoms with E-state index in [9.17, 15) is 9.59 Å². The summed E-state index contributed by atoms with van der Waals surface area (Å²) in [5.74, 6) is -2.79. The van der Waals surface area contributed by atoms with Crippen LogP contribution in [0.15, 0.2) is 28.7 Å². The zero-order valence-electron chi connectivity index (χ0n) is 8.45. The van der Waals surface area contributed by atoms with E-state index in [4.69, 9.17) is 14.6 Å². The molecule has 86 valence electrons. The fourth-order valence-corrected chi connectivity index (χ4v) is 1.35.